The van der Waals surface area contributed by atoms with Gasteiger partial charge in [0.05, 0.1) is 11.4 Å². The Morgan fingerprint density at radius 3 is 2.55 bits per heavy atom. The second-order valence-corrected chi connectivity index (χ2v) is 4.75. The van der Waals surface area contributed by atoms with Gasteiger partial charge in [0.2, 0.25) is 0 Å². The summed E-state index contributed by atoms with van der Waals surface area (Å²) in [7, 11) is 0. The van der Waals surface area contributed by atoms with E-state index in [-0.39, 0.29) is 12.1 Å². The third-order valence-corrected chi connectivity index (χ3v) is 2.62. The third-order valence-electron chi connectivity index (χ3n) is 2.62. The molecular formula is C15H18N4O. The van der Waals surface area contributed by atoms with Gasteiger partial charge in [-0.05, 0) is 37.6 Å². The highest BCUT2D eigenvalue weighted by Crippen LogP contribution is 2.13. The number of amides is 2. The number of aromatic nitrogens is 2. The van der Waals surface area contributed by atoms with Crippen LogP contribution < -0.4 is 10.6 Å². The topological polar surface area (TPSA) is 66.9 Å². The van der Waals surface area contributed by atoms with E-state index in [0.29, 0.717) is 6.54 Å². The van der Waals surface area contributed by atoms with E-state index in [4.69, 9.17) is 0 Å². The van der Waals surface area contributed by atoms with Gasteiger partial charge in [0.25, 0.3) is 0 Å². The number of nitrogens with zero attached hydrogens (tertiary/aromatic N) is 2. The summed E-state index contributed by atoms with van der Waals surface area (Å²) in [5, 5.41) is 5.55. The van der Waals surface area contributed by atoms with Crippen LogP contribution in [-0.2, 0) is 6.54 Å². The SMILES string of the molecule is CC(C)NC(=O)NCc1ccc(-c2ccccn2)nc1. The van der Waals surface area contributed by atoms with Gasteiger partial charge in [-0.2, -0.15) is 0 Å². The maximum atomic E-state index is 11.5. The van der Waals surface area contributed by atoms with E-state index in [1.54, 1.807) is 12.4 Å². The lowest BCUT2D eigenvalue weighted by molar-refractivity contribution is 0.238. The largest absolute Gasteiger partial charge is 0.336 e. The third kappa shape index (κ3) is 4.05. The average Bonchev–Trinajstić information content (AvgIpc) is 2.46. The van der Waals surface area contributed by atoms with E-state index in [2.05, 4.69) is 20.6 Å². The first-order valence-electron chi connectivity index (χ1n) is 6.56. The molecule has 2 aromatic heterocycles. The molecule has 0 saturated heterocycles. The summed E-state index contributed by atoms with van der Waals surface area (Å²) in [4.78, 5) is 20.1. The number of hydrogen-bond acceptors (Lipinski definition) is 3. The van der Waals surface area contributed by atoms with E-state index in [1.165, 1.54) is 0 Å². The minimum absolute atomic E-state index is 0.125. The van der Waals surface area contributed by atoms with Crippen molar-refractivity contribution in [3.63, 3.8) is 0 Å². The Balaban J connectivity index is 1.94. The van der Waals surface area contributed by atoms with Gasteiger partial charge in [0, 0.05) is 25.0 Å². The number of pyridine rings is 2. The van der Waals surface area contributed by atoms with Crippen LogP contribution in [-0.4, -0.2) is 22.0 Å². The molecule has 5 heteroatoms. The molecule has 0 spiro atoms. The summed E-state index contributed by atoms with van der Waals surface area (Å²) in [6, 6.07) is 9.50. The second-order valence-electron chi connectivity index (χ2n) is 4.75. The summed E-state index contributed by atoms with van der Waals surface area (Å²) in [5.41, 5.74) is 2.61. The van der Waals surface area contributed by atoms with E-state index in [9.17, 15) is 4.79 Å². The molecule has 0 bridgehead atoms. The number of urea groups is 1. The van der Waals surface area contributed by atoms with Gasteiger partial charge in [-0.15, -0.1) is 0 Å². The molecule has 0 unspecified atom stereocenters. The highest BCUT2D eigenvalue weighted by molar-refractivity contribution is 5.74. The molecule has 104 valence electrons. The van der Waals surface area contributed by atoms with E-state index < -0.39 is 0 Å². The Morgan fingerprint density at radius 2 is 1.95 bits per heavy atom. The maximum absolute atomic E-state index is 11.5. The first kappa shape index (κ1) is 14.0. The zero-order valence-electron chi connectivity index (χ0n) is 11.6. The molecule has 2 N–H and O–H groups in total. The zero-order chi connectivity index (χ0) is 14.4. The Kier molecular flexibility index (Phi) is 4.65. The van der Waals surface area contributed by atoms with Crippen molar-refractivity contribution < 1.29 is 4.79 Å². The van der Waals surface area contributed by atoms with Crippen molar-refractivity contribution in [2.45, 2.75) is 26.4 Å². The molecule has 2 rings (SSSR count). The number of nitrogens with one attached hydrogen (secondary N) is 2. The predicted octanol–water partition coefficient (Wildman–Crippen LogP) is 2.35. The normalized spacial score (nSPS) is 10.3. The molecule has 2 heterocycles. The molecule has 0 atom stereocenters. The molecule has 2 aromatic rings. The predicted molar refractivity (Wildman–Crippen MR) is 78.0 cm³/mol. The number of carbonyl (C=O) groups is 1. The van der Waals surface area contributed by atoms with Crippen LogP contribution in [0, 0.1) is 0 Å². The summed E-state index contributed by atoms with van der Waals surface area (Å²) < 4.78 is 0. The van der Waals surface area contributed by atoms with Crippen molar-refractivity contribution in [3.05, 3.63) is 48.3 Å². The van der Waals surface area contributed by atoms with Gasteiger partial charge in [-0.1, -0.05) is 12.1 Å². The van der Waals surface area contributed by atoms with Crippen molar-refractivity contribution in [1.29, 1.82) is 0 Å². The lowest BCUT2D eigenvalue weighted by atomic mass is 10.2. The van der Waals surface area contributed by atoms with E-state index >= 15 is 0 Å². The van der Waals surface area contributed by atoms with Crippen LogP contribution in [0.4, 0.5) is 4.79 Å². The summed E-state index contributed by atoms with van der Waals surface area (Å²) in [6.45, 7) is 4.29. The van der Waals surface area contributed by atoms with Crippen LogP contribution >= 0.6 is 0 Å². The van der Waals surface area contributed by atoms with Crippen LogP contribution in [0.3, 0.4) is 0 Å². The quantitative estimate of drug-likeness (QED) is 0.896. The fraction of sp³-hybridized carbons (Fsp3) is 0.267. The van der Waals surface area contributed by atoms with Crippen molar-refractivity contribution in [1.82, 2.24) is 20.6 Å². The van der Waals surface area contributed by atoms with Crippen LogP contribution in [0.5, 0.6) is 0 Å². The highest BCUT2D eigenvalue weighted by atomic mass is 16.2. The van der Waals surface area contributed by atoms with Gasteiger partial charge in [0.15, 0.2) is 0 Å². The second kappa shape index (κ2) is 6.65. The van der Waals surface area contributed by atoms with Crippen LogP contribution in [0.2, 0.25) is 0 Å². The smallest absolute Gasteiger partial charge is 0.315 e. The summed E-state index contributed by atoms with van der Waals surface area (Å²) >= 11 is 0. The number of carbonyl (C=O) groups excluding carboxylic acids is 1. The molecule has 0 aliphatic heterocycles. The summed E-state index contributed by atoms with van der Waals surface area (Å²) in [6.07, 6.45) is 3.49. The van der Waals surface area contributed by atoms with Gasteiger partial charge in [-0.25, -0.2) is 4.79 Å². The first-order valence-corrected chi connectivity index (χ1v) is 6.56. The van der Waals surface area contributed by atoms with Crippen LogP contribution in [0.15, 0.2) is 42.7 Å². The number of hydrogen-bond donors (Lipinski definition) is 2. The van der Waals surface area contributed by atoms with Crippen LogP contribution in [0.25, 0.3) is 11.4 Å². The Bertz CT molecular complexity index is 552. The number of rotatable bonds is 4. The molecule has 20 heavy (non-hydrogen) atoms. The maximum Gasteiger partial charge on any atom is 0.315 e. The Labute approximate surface area is 118 Å². The highest BCUT2D eigenvalue weighted by Gasteiger charge is 2.03. The fourth-order valence-electron chi connectivity index (χ4n) is 1.69. The summed E-state index contributed by atoms with van der Waals surface area (Å²) in [5.74, 6) is 0. The van der Waals surface area contributed by atoms with Crippen LogP contribution in [0.1, 0.15) is 19.4 Å². The first-order chi connectivity index (χ1) is 9.65. The molecule has 0 aromatic carbocycles. The van der Waals surface area contributed by atoms with Gasteiger partial charge >= 0.3 is 6.03 Å². The monoisotopic (exact) mass is 270 g/mol. The molecule has 0 fully saturated rings. The molecule has 5 nitrogen and oxygen atoms in total. The minimum atomic E-state index is -0.172. The molecule has 0 aliphatic rings. The van der Waals surface area contributed by atoms with Gasteiger partial charge < -0.3 is 10.6 Å². The Morgan fingerprint density at radius 1 is 1.15 bits per heavy atom. The van der Waals surface area contributed by atoms with Crippen molar-refractivity contribution in [2.75, 3.05) is 0 Å². The minimum Gasteiger partial charge on any atom is -0.336 e. The van der Waals surface area contributed by atoms with Gasteiger partial charge in [-0.3, -0.25) is 9.97 Å². The lowest BCUT2D eigenvalue weighted by Gasteiger charge is -2.10. The standard InChI is InChI=1S/C15H18N4O/c1-11(2)19-15(20)18-10-12-6-7-14(17-9-12)13-5-3-4-8-16-13/h3-9,11H,10H2,1-2H3,(H2,18,19,20). The molecule has 0 saturated carbocycles. The van der Waals surface area contributed by atoms with Crippen molar-refractivity contribution in [3.8, 4) is 11.4 Å². The Hall–Kier alpha value is -2.43. The van der Waals surface area contributed by atoms with Crippen molar-refractivity contribution in [2.24, 2.45) is 0 Å². The van der Waals surface area contributed by atoms with E-state index in [0.717, 1.165) is 17.0 Å². The lowest BCUT2D eigenvalue weighted by Crippen LogP contribution is -2.39. The molecule has 2 amide bonds. The molecule has 0 radical (unpaired) electrons. The zero-order valence-corrected chi connectivity index (χ0v) is 11.6. The van der Waals surface area contributed by atoms with Gasteiger partial charge in [0.1, 0.15) is 0 Å². The van der Waals surface area contributed by atoms with Crippen molar-refractivity contribution >= 4 is 6.03 Å². The molecule has 0 aliphatic carbocycles. The average molecular weight is 270 g/mol. The molecular weight excluding hydrogens is 252 g/mol. The van der Waals surface area contributed by atoms with E-state index in [1.807, 2.05) is 44.2 Å². The fourth-order valence-corrected chi connectivity index (χ4v) is 1.69.